The maximum atomic E-state index is 5.72. The van der Waals surface area contributed by atoms with Crippen LogP contribution in [-0.2, 0) is 11.2 Å². The number of anilines is 1. The van der Waals surface area contributed by atoms with E-state index in [1.165, 1.54) is 0 Å². The Bertz CT molecular complexity index is 393. The van der Waals surface area contributed by atoms with Crippen LogP contribution in [0.1, 0.15) is 63.7 Å². The van der Waals surface area contributed by atoms with E-state index in [4.69, 9.17) is 4.74 Å². The lowest BCUT2D eigenvalue weighted by molar-refractivity contribution is 0.0534. The lowest BCUT2D eigenvalue weighted by Crippen LogP contribution is -2.14. The molecule has 0 bridgehead atoms. The van der Waals surface area contributed by atoms with Crippen LogP contribution in [-0.4, -0.2) is 23.1 Å². The molecule has 1 heterocycles. The first-order valence-corrected chi connectivity index (χ1v) is 7.40. The third-order valence-corrected chi connectivity index (χ3v) is 3.17. The number of nitrogens with one attached hydrogen (secondary N) is 1. The first kappa shape index (κ1) is 15.9. The monoisotopic (exact) mass is 265 g/mol. The van der Waals surface area contributed by atoms with Crippen LogP contribution < -0.4 is 5.32 Å². The summed E-state index contributed by atoms with van der Waals surface area (Å²) in [6.07, 6.45) is 2.90. The molecular formula is C15H27N3O. The van der Waals surface area contributed by atoms with Crippen LogP contribution in [0.25, 0.3) is 0 Å². The molecule has 0 aromatic carbocycles. The number of hydrogen-bond acceptors (Lipinski definition) is 4. The van der Waals surface area contributed by atoms with Crippen molar-refractivity contribution < 1.29 is 4.74 Å². The summed E-state index contributed by atoms with van der Waals surface area (Å²) in [4.78, 5) is 9.33. The van der Waals surface area contributed by atoms with Gasteiger partial charge in [0.25, 0.3) is 0 Å². The average Bonchev–Trinajstić information content (AvgIpc) is 2.43. The van der Waals surface area contributed by atoms with Gasteiger partial charge in [0, 0.05) is 24.4 Å². The minimum Gasteiger partial charge on any atom is -0.371 e. The summed E-state index contributed by atoms with van der Waals surface area (Å²) in [5, 5.41) is 3.39. The van der Waals surface area contributed by atoms with E-state index < -0.39 is 0 Å². The largest absolute Gasteiger partial charge is 0.371 e. The van der Waals surface area contributed by atoms with Gasteiger partial charge in [0.05, 0.1) is 0 Å². The standard InChI is InChI=1S/C15H27N3O/c1-6-10-16-14-11(5)12(7-2)17-15(18-14)13(8-3)19-9-4/h13H,6-10H2,1-5H3,(H,16,17,18). The molecule has 0 spiro atoms. The first-order valence-electron chi connectivity index (χ1n) is 7.40. The van der Waals surface area contributed by atoms with Crippen molar-refractivity contribution in [2.24, 2.45) is 0 Å². The molecule has 0 radical (unpaired) electrons. The Hall–Kier alpha value is -1.16. The molecule has 1 atom stereocenters. The molecule has 0 aliphatic carbocycles. The molecule has 4 heteroatoms. The van der Waals surface area contributed by atoms with Crippen molar-refractivity contribution >= 4 is 5.82 Å². The molecule has 0 saturated heterocycles. The normalized spacial score (nSPS) is 12.5. The molecule has 0 fully saturated rings. The van der Waals surface area contributed by atoms with E-state index in [9.17, 15) is 0 Å². The van der Waals surface area contributed by atoms with Crippen LogP contribution in [0.5, 0.6) is 0 Å². The second-order valence-corrected chi connectivity index (χ2v) is 4.63. The van der Waals surface area contributed by atoms with Crippen LogP contribution in [0, 0.1) is 6.92 Å². The van der Waals surface area contributed by atoms with E-state index in [2.05, 4.69) is 43.0 Å². The molecule has 1 aromatic rings. The number of aromatic nitrogens is 2. The maximum absolute atomic E-state index is 5.72. The molecule has 0 aliphatic heterocycles. The van der Waals surface area contributed by atoms with Gasteiger partial charge >= 0.3 is 0 Å². The van der Waals surface area contributed by atoms with Crippen molar-refractivity contribution in [2.45, 2.75) is 60.0 Å². The smallest absolute Gasteiger partial charge is 0.159 e. The Kier molecular flexibility index (Phi) is 6.78. The van der Waals surface area contributed by atoms with E-state index >= 15 is 0 Å². The summed E-state index contributed by atoms with van der Waals surface area (Å²) in [7, 11) is 0. The van der Waals surface area contributed by atoms with Crippen molar-refractivity contribution in [3.05, 3.63) is 17.1 Å². The molecule has 0 saturated carbocycles. The van der Waals surface area contributed by atoms with Gasteiger partial charge in [-0.2, -0.15) is 0 Å². The van der Waals surface area contributed by atoms with Gasteiger partial charge in [-0.05, 0) is 33.1 Å². The molecule has 108 valence electrons. The van der Waals surface area contributed by atoms with Gasteiger partial charge < -0.3 is 10.1 Å². The minimum atomic E-state index is -0.00178. The molecular weight excluding hydrogens is 238 g/mol. The summed E-state index contributed by atoms with van der Waals surface area (Å²) in [5.74, 6) is 1.77. The van der Waals surface area contributed by atoms with Crippen LogP contribution in [0.2, 0.25) is 0 Å². The van der Waals surface area contributed by atoms with E-state index in [0.29, 0.717) is 6.61 Å². The Morgan fingerprint density at radius 2 is 1.89 bits per heavy atom. The van der Waals surface area contributed by atoms with Crippen molar-refractivity contribution in [3.63, 3.8) is 0 Å². The van der Waals surface area contributed by atoms with Crippen LogP contribution >= 0.6 is 0 Å². The quantitative estimate of drug-likeness (QED) is 0.779. The molecule has 1 N–H and O–H groups in total. The topological polar surface area (TPSA) is 47.0 Å². The third kappa shape index (κ3) is 4.16. The summed E-state index contributed by atoms with van der Waals surface area (Å²) in [5.41, 5.74) is 2.27. The first-order chi connectivity index (χ1) is 9.17. The van der Waals surface area contributed by atoms with Crippen molar-refractivity contribution in [3.8, 4) is 0 Å². The van der Waals surface area contributed by atoms with Gasteiger partial charge in [-0.15, -0.1) is 0 Å². The van der Waals surface area contributed by atoms with E-state index in [1.807, 2.05) is 6.92 Å². The highest BCUT2D eigenvalue weighted by Crippen LogP contribution is 2.23. The number of ether oxygens (including phenoxy) is 1. The third-order valence-electron chi connectivity index (χ3n) is 3.17. The zero-order valence-electron chi connectivity index (χ0n) is 12.9. The summed E-state index contributed by atoms with van der Waals surface area (Å²) < 4.78 is 5.72. The number of aryl methyl sites for hydroxylation is 1. The molecule has 4 nitrogen and oxygen atoms in total. The minimum absolute atomic E-state index is 0.00178. The molecule has 1 rings (SSSR count). The lowest BCUT2D eigenvalue weighted by atomic mass is 10.1. The van der Waals surface area contributed by atoms with E-state index in [1.54, 1.807) is 0 Å². The van der Waals surface area contributed by atoms with Gasteiger partial charge in [0.2, 0.25) is 0 Å². The molecule has 0 aliphatic rings. The highest BCUT2D eigenvalue weighted by molar-refractivity contribution is 5.46. The number of nitrogens with zero attached hydrogens (tertiary/aromatic N) is 2. The zero-order chi connectivity index (χ0) is 14.3. The maximum Gasteiger partial charge on any atom is 0.159 e. The second kappa shape index (κ2) is 8.10. The number of hydrogen-bond donors (Lipinski definition) is 1. The van der Waals surface area contributed by atoms with Crippen molar-refractivity contribution in [2.75, 3.05) is 18.5 Å². The van der Waals surface area contributed by atoms with Crippen LogP contribution in [0.3, 0.4) is 0 Å². The van der Waals surface area contributed by atoms with Crippen molar-refractivity contribution in [1.29, 1.82) is 0 Å². The molecule has 1 unspecified atom stereocenters. The lowest BCUT2D eigenvalue weighted by Gasteiger charge is -2.18. The van der Waals surface area contributed by atoms with Crippen LogP contribution in [0.15, 0.2) is 0 Å². The van der Waals surface area contributed by atoms with Gasteiger partial charge in [0.1, 0.15) is 11.9 Å². The molecule has 1 aromatic heterocycles. The van der Waals surface area contributed by atoms with Gasteiger partial charge in [-0.25, -0.2) is 9.97 Å². The Morgan fingerprint density at radius 1 is 1.16 bits per heavy atom. The van der Waals surface area contributed by atoms with Gasteiger partial charge in [-0.1, -0.05) is 20.8 Å². The average molecular weight is 265 g/mol. The molecule has 19 heavy (non-hydrogen) atoms. The predicted octanol–water partition coefficient (Wildman–Crippen LogP) is 3.66. The zero-order valence-corrected chi connectivity index (χ0v) is 12.9. The highest BCUT2D eigenvalue weighted by atomic mass is 16.5. The Labute approximate surface area is 117 Å². The van der Waals surface area contributed by atoms with E-state index in [0.717, 1.165) is 48.7 Å². The van der Waals surface area contributed by atoms with Gasteiger partial charge in [0.15, 0.2) is 5.82 Å². The highest BCUT2D eigenvalue weighted by Gasteiger charge is 2.16. The second-order valence-electron chi connectivity index (χ2n) is 4.63. The van der Waals surface area contributed by atoms with Crippen molar-refractivity contribution in [1.82, 2.24) is 9.97 Å². The SMILES string of the molecule is CCCNc1nc(C(CC)OCC)nc(CC)c1C. The van der Waals surface area contributed by atoms with E-state index in [-0.39, 0.29) is 6.10 Å². The molecule has 0 amide bonds. The summed E-state index contributed by atoms with van der Waals surface area (Å²) in [6, 6.07) is 0. The summed E-state index contributed by atoms with van der Waals surface area (Å²) >= 11 is 0. The Balaban J connectivity index is 3.10. The fourth-order valence-corrected chi connectivity index (χ4v) is 2.06. The van der Waals surface area contributed by atoms with Gasteiger partial charge in [-0.3, -0.25) is 0 Å². The number of rotatable bonds is 8. The Morgan fingerprint density at radius 3 is 2.42 bits per heavy atom. The summed E-state index contributed by atoms with van der Waals surface area (Å²) in [6.45, 7) is 12.1. The predicted molar refractivity (Wildman–Crippen MR) is 79.6 cm³/mol. The van der Waals surface area contributed by atoms with Crippen LogP contribution in [0.4, 0.5) is 5.82 Å². The fraction of sp³-hybridized carbons (Fsp3) is 0.733. The fourth-order valence-electron chi connectivity index (χ4n) is 2.06.